The van der Waals surface area contributed by atoms with Gasteiger partial charge >= 0.3 is 5.97 Å². The maximum absolute atomic E-state index is 12.7. The van der Waals surface area contributed by atoms with E-state index in [1.54, 1.807) is 41.8 Å². The second-order valence-corrected chi connectivity index (χ2v) is 8.07. The lowest BCUT2D eigenvalue weighted by Gasteiger charge is -2.30. The molecule has 0 fully saturated rings. The number of carbonyl (C=O) groups excluding carboxylic acids is 5. The summed E-state index contributed by atoms with van der Waals surface area (Å²) in [4.78, 5) is 62.3. The molecule has 0 aliphatic carbocycles. The fourth-order valence-electron chi connectivity index (χ4n) is 3.14. The van der Waals surface area contributed by atoms with Crippen molar-refractivity contribution in [2.75, 3.05) is 23.3 Å². The van der Waals surface area contributed by atoms with Crippen molar-refractivity contribution in [3.8, 4) is 0 Å². The summed E-state index contributed by atoms with van der Waals surface area (Å²) in [5.41, 5.74) is 1.04. The second kappa shape index (κ2) is 10.7. The third kappa shape index (κ3) is 6.01. The summed E-state index contributed by atoms with van der Waals surface area (Å²) in [5.74, 6) is -1.96. The number of anilines is 2. The molecule has 0 saturated carbocycles. The maximum Gasteiger partial charge on any atom is 0.308 e. The van der Waals surface area contributed by atoms with Crippen molar-refractivity contribution in [3.05, 3.63) is 46.7 Å². The van der Waals surface area contributed by atoms with E-state index in [0.29, 0.717) is 16.3 Å². The monoisotopic (exact) mass is 457 g/mol. The molecule has 2 heterocycles. The molecule has 2 aromatic rings. The maximum atomic E-state index is 12.7. The topological polar surface area (TPSA) is 122 Å². The van der Waals surface area contributed by atoms with Gasteiger partial charge in [-0.15, -0.1) is 11.3 Å². The zero-order chi connectivity index (χ0) is 23.1. The van der Waals surface area contributed by atoms with Gasteiger partial charge in [-0.2, -0.15) is 0 Å². The van der Waals surface area contributed by atoms with Gasteiger partial charge in [0.05, 0.1) is 22.7 Å². The zero-order valence-electron chi connectivity index (χ0n) is 17.5. The molecule has 0 unspecified atom stereocenters. The van der Waals surface area contributed by atoms with Crippen molar-refractivity contribution in [1.82, 2.24) is 5.32 Å². The van der Waals surface area contributed by atoms with Crippen LogP contribution in [-0.2, 0) is 23.9 Å². The number of carbonyl (C=O) groups is 5. The standard InChI is InChI=1S/C22H23N3O6S/c1-14(22(30)25-13-20(28)24-15-5-2-3-6-16(15)25)31-21(29)10-11-23-19(27)9-8-17(26)18-7-4-12-32-18/h2-7,12,14H,8-11,13H2,1H3,(H,23,27)(H,24,28)/t14-/m0/s1. The number of ketones is 1. The number of rotatable bonds is 9. The number of nitrogens with zero attached hydrogens (tertiary/aromatic N) is 1. The Kier molecular flexibility index (Phi) is 7.72. The Labute approximate surface area is 188 Å². The molecule has 2 N–H and O–H groups in total. The van der Waals surface area contributed by atoms with E-state index in [9.17, 15) is 24.0 Å². The van der Waals surface area contributed by atoms with E-state index in [2.05, 4.69) is 10.6 Å². The number of hydrogen-bond donors (Lipinski definition) is 2. The van der Waals surface area contributed by atoms with Crippen molar-refractivity contribution in [3.63, 3.8) is 0 Å². The summed E-state index contributed by atoms with van der Waals surface area (Å²) >= 11 is 1.32. The van der Waals surface area contributed by atoms with Crippen molar-refractivity contribution in [1.29, 1.82) is 0 Å². The van der Waals surface area contributed by atoms with Crippen LogP contribution in [0.2, 0.25) is 0 Å². The predicted molar refractivity (Wildman–Crippen MR) is 118 cm³/mol. The van der Waals surface area contributed by atoms with Crippen LogP contribution >= 0.6 is 11.3 Å². The average molecular weight is 458 g/mol. The Hall–Kier alpha value is -3.53. The van der Waals surface area contributed by atoms with Crippen LogP contribution in [0.15, 0.2) is 41.8 Å². The Morgan fingerprint density at radius 2 is 1.91 bits per heavy atom. The third-order valence-electron chi connectivity index (χ3n) is 4.72. The number of hydrogen-bond acceptors (Lipinski definition) is 7. The Balaban J connectivity index is 1.41. The van der Waals surface area contributed by atoms with Gasteiger partial charge in [-0.1, -0.05) is 18.2 Å². The fourth-order valence-corrected chi connectivity index (χ4v) is 3.83. The van der Waals surface area contributed by atoms with Gasteiger partial charge in [-0.05, 0) is 30.5 Å². The molecule has 1 aliphatic rings. The fraction of sp³-hybridized carbons (Fsp3) is 0.318. The van der Waals surface area contributed by atoms with E-state index in [1.165, 1.54) is 23.2 Å². The van der Waals surface area contributed by atoms with Crippen LogP contribution in [0.3, 0.4) is 0 Å². The van der Waals surface area contributed by atoms with Crippen LogP contribution in [0, 0.1) is 0 Å². The third-order valence-corrected chi connectivity index (χ3v) is 5.63. The number of benzene rings is 1. The summed E-state index contributed by atoms with van der Waals surface area (Å²) in [6.45, 7) is 1.29. The molecule has 9 nitrogen and oxygen atoms in total. The van der Waals surface area contributed by atoms with Crippen molar-refractivity contribution >= 4 is 52.2 Å². The van der Waals surface area contributed by atoms with E-state index in [0.717, 1.165) is 0 Å². The minimum absolute atomic E-state index is 0.0249. The number of Topliss-reactive ketones (excluding diaryl/α,β-unsaturated/α-hetero) is 1. The number of thiophene rings is 1. The summed E-state index contributed by atoms with van der Waals surface area (Å²) in [6, 6.07) is 10.3. The van der Waals surface area contributed by atoms with Gasteiger partial charge in [-0.25, -0.2) is 0 Å². The largest absolute Gasteiger partial charge is 0.452 e. The molecule has 10 heteroatoms. The highest BCUT2D eigenvalue weighted by molar-refractivity contribution is 7.12. The summed E-state index contributed by atoms with van der Waals surface area (Å²) in [7, 11) is 0. The smallest absolute Gasteiger partial charge is 0.308 e. The molecule has 0 spiro atoms. The first kappa shape index (κ1) is 23.1. The molecule has 1 aromatic carbocycles. The molecule has 0 saturated heterocycles. The van der Waals surface area contributed by atoms with E-state index >= 15 is 0 Å². The highest BCUT2D eigenvalue weighted by Crippen LogP contribution is 2.29. The Morgan fingerprint density at radius 1 is 1.12 bits per heavy atom. The van der Waals surface area contributed by atoms with Crippen molar-refractivity contribution in [2.24, 2.45) is 0 Å². The van der Waals surface area contributed by atoms with Crippen LogP contribution < -0.4 is 15.5 Å². The lowest BCUT2D eigenvalue weighted by molar-refractivity contribution is -0.153. The average Bonchev–Trinajstić information content (AvgIpc) is 3.31. The molecular formula is C22H23N3O6S. The molecule has 3 amide bonds. The Morgan fingerprint density at radius 3 is 2.66 bits per heavy atom. The lowest BCUT2D eigenvalue weighted by Crippen LogP contribution is -2.47. The number of amides is 3. The quantitative estimate of drug-likeness (QED) is 0.439. The minimum atomic E-state index is -1.10. The molecule has 1 aliphatic heterocycles. The van der Waals surface area contributed by atoms with Gasteiger partial charge in [-0.3, -0.25) is 28.9 Å². The Bertz CT molecular complexity index is 1020. The molecule has 0 bridgehead atoms. The molecule has 3 rings (SSSR count). The number of nitrogens with one attached hydrogen (secondary N) is 2. The van der Waals surface area contributed by atoms with Gasteiger partial charge in [0.25, 0.3) is 5.91 Å². The second-order valence-electron chi connectivity index (χ2n) is 7.12. The zero-order valence-corrected chi connectivity index (χ0v) is 18.3. The number of para-hydroxylation sites is 2. The molecule has 168 valence electrons. The van der Waals surface area contributed by atoms with Gasteiger partial charge < -0.3 is 15.4 Å². The molecule has 0 radical (unpaired) electrons. The van der Waals surface area contributed by atoms with E-state index < -0.39 is 18.0 Å². The molecule has 1 aromatic heterocycles. The van der Waals surface area contributed by atoms with E-state index in [4.69, 9.17) is 4.74 Å². The van der Waals surface area contributed by atoms with Gasteiger partial charge in [0.15, 0.2) is 11.9 Å². The van der Waals surface area contributed by atoms with Crippen LogP contribution in [0.1, 0.15) is 35.9 Å². The molecule has 1 atom stereocenters. The summed E-state index contributed by atoms with van der Waals surface area (Å²) in [5, 5.41) is 7.04. The van der Waals surface area contributed by atoms with E-state index in [-0.39, 0.29) is 49.9 Å². The SMILES string of the molecule is C[C@H](OC(=O)CCNC(=O)CCC(=O)c1cccs1)C(=O)N1CC(=O)Nc2ccccc21. The molecule has 32 heavy (non-hydrogen) atoms. The normalized spacial score (nSPS) is 13.5. The highest BCUT2D eigenvalue weighted by Gasteiger charge is 2.31. The van der Waals surface area contributed by atoms with E-state index in [1.807, 2.05) is 0 Å². The van der Waals surface area contributed by atoms with Crippen molar-refractivity contribution in [2.45, 2.75) is 32.3 Å². The lowest BCUT2D eigenvalue weighted by atomic mass is 10.1. The van der Waals surface area contributed by atoms with Gasteiger partial charge in [0.1, 0.15) is 6.54 Å². The van der Waals surface area contributed by atoms with Crippen LogP contribution in [-0.4, -0.2) is 48.7 Å². The summed E-state index contributed by atoms with van der Waals surface area (Å²) < 4.78 is 5.18. The number of ether oxygens (including phenoxy) is 1. The first-order chi connectivity index (χ1) is 15.3. The first-order valence-electron chi connectivity index (χ1n) is 10.1. The van der Waals surface area contributed by atoms with Crippen LogP contribution in [0.5, 0.6) is 0 Å². The predicted octanol–water partition coefficient (Wildman–Crippen LogP) is 2.13. The van der Waals surface area contributed by atoms with Gasteiger partial charge in [0, 0.05) is 19.4 Å². The number of esters is 1. The van der Waals surface area contributed by atoms with Crippen LogP contribution in [0.25, 0.3) is 0 Å². The van der Waals surface area contributed by atoms with Crippen molar-refractivity contribution < 1.29 is 28.7 Å². The molecular weight excluding hydrogens is 434 g/mol. The summed E-state index contributed by atoms with van der Waals surface area (Å²) in [6.07, 6.45) is -1.11. The van der Waals surface area contributed by atoms with Crippen LogP contribution in [0.4, 0.5) is 11.4 Å². The first-order valence-corrected chi connectivity index (χ1v) is 11.0. The minimum Gasteiger partial charge on any atom is -0.452 e. The van der Waals surface area contributed by atoms with Gasteiger partial charge in [0.2, 0.25) is 11.8 Å². The number of fused-ring (bicyclic) bond motifs is 1. The highest BCUT2D eigenvalue weighted by atomic mass is 32.1.